The van der Waals surface area contributed by atoms with E-state index in [1.54, 1.807) is 36.0 Å². The molecule has 1 amide bonds. The molecule has 0 fully saturated rings. The number of primary amides is 1. The predicted octanol–water partition coefficient (Wildman–Crippen LogP) is 3.91. The Kier molecular flexibility index (Phi) is 7.39. The number of nitrogens with two attached hydrogens (primary N) is 1. The Balaban J connectivity index is 1.98. The van der Waals surface area contributed by atoms with Crippen molar-refractivity contribution in [3.63, 3.8) is 0 Å². The molecule has 0 heterocycles. The number of carbonyl (C=O) groups is 1. The van der Waals surface area contributed by atoms with E-state index in [9.17, 15) is 4.79 Å². The van der Waals surface area contributed by atoms with Crippen molar-refractivity contribution in [2.45, 2.75) is 4.90 Å². The fraction of sp³-hybridized carbons (Fsp3) is 0.158. The van der Waals surface area contributed by atoms with Crippen LogP contribution in [0.5, 0.6) is 11.5 Å². The van der Waals surface area contributed by atoms with E-state index < -0.39 is 5.91 Å². The van der Waals surface area contributed by atoms with Crippen LogP contribution in [0.1, 0.15) is 5.56 Å². The van der Waals surface area contributed by atoms with Gasteiger partial charge in [-0.25, -0.2) is 0 Å². The molecule has 134 valence electrons. The Morgan fingerprint density at radius 3 is 2.62 bits per heavy atom. The zero-order valence-corrected chi connectivity index (χ0v) is 15.6. The van der Waals surface area contributed by atoms with E-state index in [0.717, 1.165) is 10.6 Å². The van der Waals surface area contributed by atoms with Crippen molar-refractivity contribution in [3.8, 4) is 17.6 Å². The molecule has 0 spiro atoms. The monoisotopic (exact) mass is 388 g/mol. The van der Waals surface area contributed by atoms with Gasteiger partial charge in [0.2, 0.25) is 0 Å². The Bertz CT molecular complexity index is 845. The van der Waals surface area contributed by atoms with Gasteiger partial charge in [0.15, 0.2) is 11.5 Å². The molecule has 0 bridgehead atoms. The van der Waals surface area contributed by atoms with E-state index in [0.29, 0.717) is 28.7 Å². The quantitative estimate of drug-likeness (QED) is 0.320. The van der Waals surface area contributed by atoms with Gasteiger partial charge in [-0.1, -0.05) is 17.7 Å². The minimum Gasteiger partial charge on any atom is -0.493 e. The molecule has 0 radical (unpaired) electrons. The van der Waals surface area contributed by atoms with Gasteiger partial charge in [-0.2, -0.15) is 5.26 Å². The molecule has 5 nitrogen and oxygen atoms in total. The Hall–Kier alpha value is -2.62. The maximum atomic E-state index is 11.1. The van der Waals surface area contributed by atoms with Crippen molar-refractivity contribution < 1.29 is 14.3 Å². The number of hydrogen-bond donors (Lipinski definition) is 1. The first-order valence-electron chi connectivity index (χ1n) is 7.64. The second-order valence-electron chi connectivity index (χ2n) is 5.10. The van der Waals surface area contributed by atoms with E-state index in [1.807, 2.05) is 24.3 Å². The molecular formula is C19H17ClN2O3S. The van der Waals surface area contributed by atoms with E-state index in [4.69, 9.17) is 32.1 Å². The molecule has 0 aliphatic heterocycles. The molecule has 0 aliphatic carbocycles. The summed E-state index contributed by atoms with van der Waals surface area (Å²) in [6.07, 6.45) is 1.41. The lowest BCUT2D eigenvalue weighted by atomic mass is 10.1. The second-order valence-corrected chi connectivity index (χ2v) is 6.70. The average molecular weight is 389 g/mol. The van der Waals surface area contributed by atoms with Crippen LogP contribution in [0.15, 0.2) is 52.9 Å². The zero-order valence-electron chi connectivity index (χ0n) is 14.1. The number of benzene rings is 2. The molecule has 2 aromatic carbocycles. The van der Waals surface area contributed by atoms with Crippen LogP contribution in [0.2, 0.25) is 5.02 Å². The van der Waals surface area contributed by atoms with Gasteiger partial charge in [0.05, 0.1) is 13.7 Å². The molecule has 7 heteroatoms. The summed E-state index contributed by atoms with van der Waals surface area (Å²) in [4.78, 5) is 12.2. The highest BCUT2D eigenvalue weighted by atomic mass is 35.5. The number of methoxy groups -OCH3 is 1. The van der Waals surface area contributed by atoms with Crippen LogP contribution in [0, 0.1) is 11.3 Å². The van der Waals surface area contributed by atoms with Gasteiger partial charge in [0.25, 0.3) is 5.91 Å². The molecule has 0 saturated carbocycles. The molecule has 0 saturated heterocycles. The van der Waals surface area contributed by atoms with Gasteiger partial charge >= 0.3 is 0 Å². The van der Waals surface area contributed by atoms with Gasteiger partial charge in [0.1, 0.15) is 11.6 Å². The van der Waals surface area contributed by atoms with Gasteiger partial charge in [-0.15, -0.1) is 11.8 Å². The predicted molar refractivity (Wildman–Crippen MR) is 103 cm³/mol. The van der Waals surface area contributed by atoms with Crippen LogP contribution in [0.3, 0.4) is 0 Å². The molecule has 26 heavy (non-hydrogen) atoms. The first kappa shape index (κ1) is 19.7. The summed E-state index contributed by atoms with van der Waals surface area (Å²) in [6.45, 7) is 0.490. The molecule has 0 atom stereocenters. The van der Waals surface area contributed by atoms with Crippen molar-refractivity contribution in [2.75, 3.05) is 19.5 Å². The Labute approximate surface area is 161 Å². The Morgan fingerprint density at radius 2 is 2.00 bits per heavy atom. The summed E-state index contributed by atoms with van der Waals surface area (Å²) < 4.78 is 11.1. The average Bonchev–Trinajstić information content (AvgIpc) is 2.65. The van der Waals surface area contributed by atoms with Crippen LogP contribution >= 0.6 is 23.4 Å². The Morgan fingerprint density at radius 1 is 1.27 bits per heavy atom. The number of thioether (sulfide) groups is 1. The van der Waals surface area contributed by atoms with Gasteiger partial charge in [0, 0.05) is 15.7 Å². The summed E-state index contributed by atoms with van der Waals surface area (Å²) in [5, 5.41) is 9.62. The normalized spacial score (nSPS) is 10.9. The number of nitrogens with zero attached hydrogens (tertiary/aromatic N) is 1. The molecule has 0 aliphatic rings. The standard InChI is InChI=1S/C19H17ClN2O3S/c1-24-18-11-13(10-14(12-21)19(22)23)2-7-17(18)25-8-9-26-16-5-3-15(20)4-6-16/h2-7,10-11H,8-9H2,1H3,(H2,22,23). The summed E-state index contributed by atoms with van der Waals surface area (Å²) in [5.41, 5.74) is 5.64. The highest BCUT2D eigenvalue weighted by molar-refractivity contribution is 7.99. The SMILES string of the molecule is COc1cc(C=C(C#N)C(N)=O)ccc1OCCSc1ccc(Cl)cc1. The number of rotatable bonds is 8. The van der Waals surface area contributed by atoms with Crippen LogP contribution in [0.4, 0.5) is 0 Å². The number of hydrogen-bond acceptors (Lipinski definition) is 5. The van der Waals surface area contributed by atoms with Crippen molar-refractivity contribution in [1.29, 1.82) is 5.26 Å². The molecule has 2 N–H and O–H groups in total. The maximum Gasteiger partial charge on any atom is 0.259 e. The first-order chi connectivity index (χ1) is 12.5. The van der Waals surface area contributed by atoms with E-state index in [1.165, 1.54) is 13.2 Å². The van der Waals surface area contributed by atoms with Gasteiger partial charge in [-0.05, 0) is 48.0 Å². The van der Waals surface area contributed by atoms with Gasteiger partial charge < -0.3 is 15.2 Å². The lowest BCUT2D eigenvalue weighted by Gasteiger charge is -2.11. The molecular weight excluding hydrogens is 372 g/mol. The largest absolute Gasteiger partial charge is 0.493 e. The highest BCUT2D eigenvalue weighted by Crippen LogP contribution is 2.29. The van der Waals surface area contributed by atoms with E-state index >= 15 is 0 Å². The smallest absolute Gasteiger partial charge is 0.259 e. The van der Waals surface area contributed by atoms with Gasteiger partial charge in [-0.3, -0.25) is 4.79 Å². The van der Waals surface area contributed by atoms with Crippen LogP contribution < -0.4 is 15.2 Å². The minimum absolute atomic E-state index is 0.125. The molecule has 2 aromatic rings. The number of nitriles is 1. The molecule has 0 aromatic heterocycles. The molecule has 0 unspecified atom stereocenters. The summed E-state index contributed by atoms with van der Waals surface area (Å²) in [7, 11) is 1.53. The van der Waals surface area contributed by atoms with Crippen molar-refractivity contribution in [2.24, 2.45) is 5.73 Å². The van der Waals surface area contributed by atoms with Crippen molar-refractivity contribution in [3.05, 3.63) is 58.6 Å². The third kappa shape index (κ3) is 5.73. The number of halogens is 1. The fourth-order valence-electron chi connectivity index (χ4n) is 2.06. The second kappa shape index (κ2) is 9.76. The summed E-state index contributed by atoms with van der Waals surface area (Å²) in [6, 6.07) is 14.5. The minimum atomic E-state index is -0.772. The summed E-state index contributed by atoms with van der Waals surface area (Å²) in [5.74, 6) is 1.08. The lowest BCUT2D eigenvalue weighted by Crippen LogP contribution is -2.12. The number of amides is 1. The number of carbonyl (C=O) groups excluding carboxylic acids is 1. The van der Waals surface area contributed by atoms with Crippen molar-refractivity contribution in [1.82, 2.24) is 0 Å². The first-order valence-corrected chi connectivity index (χ1v) is 9.00. The number of ether oxygens (including phenoxy) is 2. The highest BCUT2D eigenvalue weighted by Gasteiger charge is 2.08. The fourth-order valence-corrected chi connectivity index (χ4v) is 2.92. The maximum absolute atomic E-state index is 11.1. The van der Waals surface area contributed by atoms with Crippen LogP contribution in [-0.2, 0) is 4.79 Å². The van der Waals surface area contributed by atoms with Crippen LogP contribution in [-0.4, -0.2) is 25.4 Å². The van der Waals surface area contributed by atoms with Crippen LogP contribution in [0.25, 0.3) is 6.08 Å². The summed E-state index contributed by atoms with van der Waals surface area (Å²) >= 11 is 7.52. The third-order valence-corrected chi connectivity index (χ3v) is 4.54. The zero-order chi connectivity index (χ0) is 18.9. The van der Waals surface area contributed by atoms with E-state index in [2.05, 4.69) is 0 Å². The van der Waals surface area contributed by atoms with E-state index in [-0.39, 0.29) is 5.57 Å². The van der Waals surface area contributed by atoms with Crippen molar-refractivity contribution >= 4 is 35.3 Å². The molecule has 2 rings (SSSR count). The third-order valence-electron chi connectivity index (χ3n) is 3.31. The lowest BCUT2D eigenvalue weighted by molar-refractivity contribution is -0.114. The topological polar surface area (TPSA) is 85.3 Å².